The topological polar surface area (TPSA) is 50.6 Å². The Morgan fingerprint density at radius 1 is 1.11 bits per heavy atom. The number of hydrogen-bond acceptors (Lipinski definition) is 4. The van der Waals surface area contributed by atoms with Crippen molar-refractivity contribution in [3.63, 3.8) is 0 Å². The zero-order valence-corrected chi connectivity index (χ0v) is 22.2. The van der Waals surface area contributed by atoms with Gasteiger partial charge in [-0.15, -0.1) is 0 Å². The molecule has 35 heavy (non-hydrogen) atoms. The molecule has 1 aliphatic heterocycles. The van der Waals surface area contributed by atoms with Crippen LogP contribution >= 0.6 is 0 Å². The van der Waals surface area contributed by atoms with Crippen LogP contribution in [-0.2, 0) is 11.3 Å². The van der Waals surface area contributed by atoms with Crippen molar-refractivity contribution in [3.05, 3.63) is 53.7 Å². The number of aryl methyl sites for hydroxylation is 2. The van der Waals surface area contributed by atoms with E-state index in [1.54, 1.807) is 0 Å². The third-order valence-corrected chi connectivity index (χ3v) is 6.74. The largest absolute Gasteiger partial charge is 0.444 e. The first-order valence-electron chi connectivity index (χ1n) is 12.8. The number of fused-ring (bicyclic) bond motifs is 1. The van der Waals surface area contributed by atoms with Crippen molar-refractivity contribution in [1.29, 1.82) is 0 Å². The number of nitrogens with zero attached hydrogens (tertiary/aromatic N) is 4. The van der Waals surface area contributed by atoms with Gasteiger partial charge in [0.05, 0.1) is 5.52 Å². The van der Waals surface area contributed by atoms with Gasteiger partial charge in [0.1, 0.15) is 5.60 Å². The van der Waals surface area contributed by atoms with Crippen molar-refractivity contribution in [2.45, 2.75) is 65.0 Å². The number of carbonyl (C=O) groups excluding carboxylic acids is 1. The molecule has 0 unspecified atom stereocenters. The molecule has 1 aliphatic rings. The third-order valence-electron chi connectivity index (χ3n) is 6.74. The van der Waals surface area contributed by atoms with Gasteiger partial charge in [-0.1, -0.05) is 36.4 Å². The summed E-state index contributed by atoms with van der Waals surface area (Å²) in [5, 5.41) is 6.33. The second-order valence-corrected chi connectivity index (χ2v) is 11.1. The van der Waals surface area contributed by atoms with E-state index in [1.165, 1.54) is 27.8 Å². The first-order valence-corrected chi connectivity index (χ1v) is 12.8. The summed E-state index contributed by atoms with van der Waals surface area (Å²) < 4.78 is 7.84. The summed E-state index contributed by atoms with van der Waals surface area (Å²) in [5.41, 5.74) is 5.64. The predicted octanol–water partition coefficient (Wildman–Crippen LogP) is 6.08. The number of rotatable bonds is 6. The van der Waals surface area contributed by atoms with Gasteiger partial charge in [0.25, 0.3) is 0 Å². The Kier molecular flexibility index (Phi) is 7.50. The summed E-state index contributed by atoms with van der Waals surface area (Å²) in [4.78, 5) is 16.6. The number of benzene rings is 2. The molecule has 0 bridgehead atoms. The monoisotopic (exact) mass is 476 g/mol. The third kappa shape index (κ3) is 6.04. The standard InChI is InChI=1S/C29H40N4O2/c1-21-10-7-8-11-24(21)23-12-13-25-26(20-23)30-33(17-9-16-31(5)6)27(25)22-14-18-32(19-15-22)28(34)35-29(2,3)4/h7-8,10-13,20,22H,9,14-19H2,1-6H3. The summed E-state index contributed by atoms with van der Waals surface area (Å²) in [6.07, 6.45) is 2.69. The molecule has 0 saturated carbocycles. The zero-order chi connectivity index (χ0) is 25.2. The van der Waals surface area contributed by atoms with E-state index < -0.39 is 5.60 Å². The molecule has 6 heteroatoms. The van der Waals surface area contributed by atoms with Crippen molar-refractivity contribution < 1.29 is 9.53 Å². The maximum atomic E-state index is 12.6. The molecule has 1 amide bonds. The van der Waals surface area contributed by atoms with Gasteiger partial charge in [0, 0.05) is 36.6 Å². The molecule has 6 nitrogen and oxygen atoms in total. The van der Waals surface area contributed by atoms with Crippen molar-refractivity contribution in [2.75, 3.05) is 33.7 Å². The van der Waals surface area contributed by atoms with Crippen LogP contribution in [0.15, 0.2) is 42.5 Å². The number of amides is 1. The van der Waals surface area contributed by atoms with Crippen LogP contribution in [0.3, 0.4) is 0 Å². The highest BCUT2D eigenvalue weighted by molar-refractivity contribution is 5.87. The van der Waals surface area contributed by atoms with Crippen LogP contribution < -0.4 is 0 Å². The number of aromatic nitrogens is 2. The van der Waals surface area contributed by atoms with Gasteiger partial charge in [-0.05, 0) is 90.4 Å². The van der Waals surface area contributed by atoms with E-state index in [4.69, 9.17) is 9.84 Å². The van der Waals surface area contributed by atoms with Gasteiger partial charge in [-0.25, -0.2) is 4.79 Å². The summed E-state index contributed by atoms with van der Waals surface area (Å²) in [5.74, 6) is 0.377. The molecule has 4 rings (SSSR count). The molecule has 2 heterocycles. The number of carbonyl (C=O) groups is 1. The van der Waals surface area contributed by atoms with Crippen LogP contribution in [-0.4, -0.2) is 65.0 Å². The summed E-state index contributed by atoms with van der Waals surface area (Å²) >= 11 is 0. The Morgan fingerprint density at radius 3 is 2.49 bits per heavy atom. The van der Waals surface area contributed by atoms with Gasteiger partial charge in [-0.2, -0.15) is 5.10 Å². The van der Waals surface area contributed by atoms with E-state index in [9.17, 15) is 4.79 Å². The fraction of sp³-hybridized carbons (Fsp3) is 0.517. The van der Waals surface area contributed by atoms with E-state index in [-0.39, 0.29) is 6.09 Å². The molecule has 2 aromatic carbocycles. The highest BCUT2D eigenvalue weighted by atomic mass is 16.6. The van der Waals surface area contributed by atoms with Crippen LogP contribution in [0.1, 0.15) is 57.2 Å². The van der Waals surface area contributed by atoms with Crippen molar-refractivity contribution in [2.24, 2.45) is 0 Å². The Labute approximate surface area is 209 Å². The lowest BCUT2D eigenvalue weighted by Gasteiger charge is -2.33. The van der Waals surface area contributed by atoms with Crippen LogP contribution in [0.2, 0.25) is 0 Å². The molecule has 1 aromatic heterocycles. The number of likely N-dealkylation sites (tertiary alicyclic amines) is 1. The van der Waals surface area contributed by atoms with Gasteiger partial charge in [0.2, 0.25) is 0 Å². The normalized spacial score (nSPS) is 15.2. The molecule has 0 aliphatic carbocycles. The van der Waals surface area contributed by atoms with E-state index in [0.717, 1.165) is 37.9 Å². The molecule has 188 valence electrons. The summed E-state index contributed by atoms with van der Waals surface area (Å²) in [6, 6.07) is 15.2. The van der Waals surface area contributed by atoms with Crippen LogP contribution in [0.25, 0.3) is 22.0 Å². The highest BCUT2D eigenvalue weighted by Gasteiger charge is 2.30. The predicted molar refractivity (Wildman–Crippen MR) is 143 cm³/mol. The lowest BCUT2D eigenvalue weighted by Crippen LogP contribution is -2.41. The number of piperidine rings is 1. The molecule has 0 atom stereocenters. The van der Waals surface area contributed by atoms with E-state index in [0.29, 0.717) is 19.0 Å². The number of hydrogen-bond donors (Lipinski definition) is 0. The lowest BCUT2D eigenvalue weighted by molar-refractivity contribution is 0.0203. The quantitative estimate of drug-likeness (QED) is 0.433. The lowest BCUT2D eigenvalue weighted by atomic mass is 9.90. The average molecular weight is 477 g/mol. The van der Waals surface area contributed by atoms with Crippen molar-refractivity contribution in [1.82, 2.24) is 19.6 Å². The van der Waals surface area contributed by atoms with E-state index >= 15 is 0 Å². The fourth-order valence-corrected chi connectivity index (χ4v) is 5.02. The second-order valence-electron chi connectivity index (χ2n) is 11.1. The Hall–Kier alpha value is -2.86. The molecule has 1 fully saturated rings. The van der Waals surface area contributed by atoms with E-state index in [2.05, 4.69) is 73.1 Å². The SMILES string of the molecule is Cc1ccccc1-c1ccc2c(C3CCN(C(=O)OC(C)(C)C)CC3)n(CCCN(C)C)nc2c1. The average Bonchev–Trinajstić information content (AvgIpc) is 3.15. The molecule has 0 spiro atoms. The molecular formula is C29H40N4O2. The van der Waals surface area contributed by atoms with Gasteiger partial charge >= 0.3 is 6.09 Å². The van der Waals surface area contributed by atoms with Gasteiger partial charge in [0.15, 0.2) is 0 Å². The second kappa shape index (κ2) is 10.4. The Balaban J connectivity index is 1.61. The first-order chi connectivity index (χ1) is 16.6. The van der Waals surface area contributed by atoms with Crippen LogP contribution in [0.5, 0.6) is 0 Å². The maximum absolute atomic E-state index is 12.6. The Morgan fingerprint density at radius 2 is 1.83 bits per heavy atom. The minimum atomic E-state index is -0.468. The van der Waals surface area contributed by atoms with Crippen molar-refractivity contribution in [3.8, 4) is 11.1 Å². The van der Waals surface area contributed by atoms with E-state index in [1.807, 2.05) is 25.7 Å². The molecule has 3 aromatic rings. The summed E-state index contributed by atoms with van der Waals surface area (Å²) in [7, 11) is 4.22. The molecule has 0 radical (unpaired) electrons. The van der Waals surface area contributed by atoms with Gasteiger partial charge in [-0.3, -0.25) is 4.68 Å². The first kappa shape index (κ1) is 25.2. The molecule has 0 N–H and O–H groups in total. The minimum Gasteiger partial charge on any atom is -0.444 e. The zero-order valence-electron chi connectivity index (χ0n) is 22.2. The molecular weight excluding hydrogens is 436 g/mol. The van der Waals surface area contributed by atoms with Gasteiger partial charge < -0.3 is 14.5 Å². The number of ether oxygens (including phenoxy) is 1. The molecule has 1 saturated heterocycles. The van der Waals surface area contributed by atoms with Crippen LogP contribution in [0, 0.1) is 6.92 Å². The summed E-state index contributed by atoms with van der Waals surface area (Å²) in [6.45, 7) is 11.3. The smallest absolute Gasteiger partial charge is 0.410 e. The minimum absolute atomic E-state index is 0.205. The fourth-order valence-electron chi connectivity index (χ4n) is 5.02. The maximum Gasteiger partial charge on any atom is 0.410 e. The highest BCUT2D eigenvalue weighted by Crippen LogP contribution is 2.36. The van der Waals surface area contributed by atoms with Crippen LogP contribution in [0.4, 0.5) is 4.79 Å². The Bertz CT molecular complexity index is 1170. The van der Waals surface area contributed by atoms with Crippen molar-refractivity contribution >= 4 is 17.0 Å².